The summed E-state index contributed by atoms with van der Waals surface area (Å²) in [6.45, 7) is 6.07. The maximum Gasteiger partial charge on any atom is 0.242 e. The standard InChI is InChI=1S/C10H18N2O3/c1-8-9(11-2-5-15-8)10(13)12-3-6-14-7-4-12/h8-9,11H,2-7H2,1H3/t8-,9+/m1/s1. The van der Waals surface area contributed by atoms with Crippen molar-refractivity contribution in [2.24, 2.45) is 0 Å². The van der Waals surface area contributed by atoms with E-state index in [2.05, 4.69) is 5.32 Å². The fourth-order valence-electron chi connectivity index (χ4n) is 1.99. The van der Waals surface area contributed by atoms with Gasteiger partial charge in [0.05, 0.1) is 25.9 Å². The van der Waals surface area contributed by atoms with E-state index < -0.39 is 0 Å². The first-order chi connectivity index (χ1) is 7.29. The average molecular weight is 214 g/mol. The first kappa shape index (κ1) is 10.9. The summed E-state index contributed by atoms with van der Waals surface area (Å²) in [5.74, 6) is 0.144. The van der Waals surface area contributed by atoms with Gasteiger partial charge in [-0.25, -0.2) is 0 Å². The van der Waals surface area contributed by atoms with Crippen LogP contribution in [0.2, 0.25) is 0 Å². The third-order valence-corrected chi connectivity index (χ3v) is 2.91. The highest BCUT2D eigenvalue weighted by Gasteiger charge is 2.32. The Morgan fingerprint density at radius 2 is 2.07 bits per heavy atom. The molecule has 0 saturated carbocycles. The highest BCUT2D eigenvalue weighted by Crippen LogP contribution is 2.09. The fourth-order valence-corrected chi connectivity index (χ4v) is 1.99. The van der Waals surface area contributed by atoms with Gasteiger partial charge >= 0.3 is 0 Å². The summed E-state index contributed by atoms with van der Waals surface area (Å²) in [5.41, 5.74) is 0. The molecule has 2 saturated heterocycles. The minimum Gasteiger partial charge on any atom is -0.378 e. The number of hydrogen-bond donors (Lipinski definition) is 1. The molecule has 2 rings (SSSR count). The molecule has 2 atom stereocenters. The number of carbonyl (C=O) groups is 1. The molecular weight excluding hydrogens is 196 g/mol. The van der Waals surface area contributed by atoms with Gasteiger partial charge in [0.15, 0.2) is 0 Å². The van der Waals surface area contributed by atoms with Gasteiger partial charge in [-0.3, -0.25) is 4.79 Å². The minimum atomic E-state index is -0.183. The number of ether oxygens (including phenoxy) is 2. The van der Waals surface area contributed by atoms with E-state index in [1.165, 1.54) is 0 Å². The van der Waals surface area contributed by atoms with Gasteiger partial charge in [0.2, 0.25) is 5.91 Å². The third kappa shape index (κ3) is 2.48. The second kappa shape index (κ2) is 4.92. The van der Waals surface area contributed by atoms with Crippen LogP contribution < -0.4 is 5.32 Å². The molecule has 5 heteroatoms. The molecule has 0 aromatic carbocycles. The normalized spacial score (nSPS) is 32.7. The molecule has 86 valence electrons. The zero-order valence-electron chi connectivity index (χ0n) is 9.07. The van der Waals surface area contributed by atoms with Crippen LogP contribution in [0.3, 0.4) is 0 Å². The maximum absolute atomic E-state index is 12.1. The zero-order chi connectivity index (χ0) is 10.7. The zero-order valence-corrected chi connectivity index (χ0v) is 9.07. The predicted molar refractivity (Wildman–Crippen MR) is 54.6 cm³/mol. The number of hydrogen-bond acceptors (Lipinski definition) is 4. The van der Waals surface area contributed by atoms with Crippen molar-refractivity contribution in [3.63, 3.8) is 0 Å². The molecule has 0 aliphatic carbocycles. The van der Waals surface area contributed by atoms with Crippen molar-refractivity contribution in [2.45, 2.75) is 19.1 Å². The van der Waals surface area contributed by atoms with E-state index in [0.717, 1.165) is 6.54 Å². The van der Waals surface area contributed by atoms with Crippen LogP contribution in [-0.2, 0) is 14.3 Å². The molecule has 0 unspecified atom stereocenters. The Kier molecular flexibility index (Phi) is 3.56. The SMILES string of the molecule is C[C@H]1OCCN[C@@H]1C(=O)N1CCOCC1. The van der Waals surface area contributed by atoms with E-state index in [1.807, 2.05) is 11.8 Å². The van der Waals surface area contributed by atoms with Gasteiger partial charge in [0.25, 0.3) is 0 Å². The first-order valence-electron chi connectivity index (χ1n) is 5.50. The van der Waals surface area contributed by atoms with Crippen molar-refractivity contribution in [1.82, 2.24) is 10.2 Å². The maximum atomic E-state index is 12.1. The van der Waals surface area contributed by atoms with E-state index in [0.29, 0.717) is 32.9 Å². The highest BCUT2D eigenvalue weighted by molar-refractivity contribution is 5.82. The second-order valence-corrected chi connectivity index (χ2v) is 3.95. The number of nitrogens with one attached hydrogen (secondary N) is 1. The van der Waals surface area contributed by atoms with Crippen molar-refractivity contribution in [3.8, 4) is 0 Å². The Morgan fingerprint density at radius 1 is 1.33 bits per heavy atom. The molecule has 2 fully saturated rings. The molecule has 0 radical (unpaired) electrons. The molecule has 2 aliphatic heterocycles. The molecule has 0 aromatic rings. The Labute approximate surface area is 89.7 Å². The number of rotatable bonds is 1. The lowest BCUT2D eigenvalue weighted by molar-refractivity contribution is -0.143. The van der Waals surface area contributed by atoms with Crippen molar-refractivity contribution in [1.29, 1.82) is 0 Å². The molecule has 1 amide bonds. The summed E-state index contributed by atoms with van der Waals surface area (Å²) in [6.07, 6.45) is -0.0332. The summed E-state index contributed by atoms with van der Waals surface area (Å²) >= 11 is 0. The highest BCUT2D eigenvalue weighted by atomic mass is 16.5. The van der Waals surface area contributed by atoms with Crippen LogP contribution >= 0.6 is 0 Å². The molecule has 0 bridgehead atoms. The topological polar surface area (TPSA) is 50.8 Å². The van der Waals surface area contributed by atoms with Gasteiger partial charge in [0.1, 0.15) is 6.04 Å². The summed E-state index contributed by atoms with van der Waals surface area (Å²) in [5, 5.41) is 3.21. The van der Waals surface area contributed by atoms with E-state index in [4.69, 9.17) is 9.47 Å². The van der Waals surface area contributed by atoms with Gasteiger partial charge < -0.3 is 19.7 Å². The lowest BCUT2D eigenvalue weighted by Gasteiger charge is -2.35. The van der Waals surface area contributed by atoms with Crippen LogP contribution in [0.4, 0.5) is 0 Å². The minimum absolute atomic E-state index is 0.0332. The fraction of sp³-hybridized carbons (Fsp3) is 0.900. The molecule has 0 spiro atoms. The van der Waals surface area contributed by atoms with Crippen LogP contribution in [0.5, 0.6) is 0 Å². The van der Waals surface area contributed by atoms with E-state index in [9.17, 15) is 4.79 Å². The van der Waals surface area contributed by atoms with Gasteiger partial charge in [-0.1, -0.05) is 0 Å². The quantitative estimate of drug-likeness (QED) is 0.622. The van der Waals surface area contributed by atoms with Crippen molar-refractivity contribution < 1.29 is 14.3 Å². The van der Waals surface area contributed by atoms with E-state index in [-0.39, 0.29) is 18.1 Å². The van der Waals surface area contributed by atoms with Crippen molar-refractivity contribution >= 4 is 5.91 Å². The van der Waals surface area contributed by atoms with Gasteiger partial charge in [0, 0.05) is 19.6 Å². The molecule has 15 heavy (non-hydrogen) atoms. The summed E-state index contributed by atoms with van der Waals surface area (Å²) < 4.78 is 10.7. The van der Waals surface area contributed by atoms with Gasteiger partial charge in [-0.05, 0) is 6.92 Å². The molecule has 2 heterocycles. The molecule has 0 aromatic heterocycles. The third-order valence-electron chi connectivity index (χ3n) is 2.91. The van der Waals surface area contributed by atoms with Crippen LogP contribution in [0.25, 0.3) is 0 Å². The van der Waals surface area contributed by atoms with Crippen LogP contribution in [0, 0.1) is 0 Å². The van der Waals surface area contributed by atoms with Crippen LogP contribution in [0.15, 0.2) is 0 Å². The molecule has 2 aliphatic rings. The largest absolute Gasteiger partial charge is 0.378 e. The second-order valence-electron chi connectivity index (χ2n) is 3.95. The van der Waals surface area contributed by atoms with E-state index >= 15 is 0 Å². The van der Waals surface area contributed by atoms with E-state index in [1.54, 1.807) is 0 Å². The van der Waals surface area contributed by atoms with Crippen LogP contribution in [0.1, 0.15) is 6.92 Å². The molecular formula is C10H18N2O3. The summed E-state index contributed by atoms with van der Waals surface area (Å²) in [7, 11) is 0. The number of nitrogens with zero attached hydrogens (tertiary/aromatic N) is 1. The predicted octanol–water partition coefficient (Wildman–Crippen LogP) is -0.778. The Morgan fingerprint density at radius 3 is 2.73 bits per heavy atom. The summed E-state index contributed by atoms with van der Waals surface area (Å²) in [6, 6.07) is -0.183. The lowest BCUT2D eigenvalue weighted by atomic mass is 10.1. The average Bonchev–Trinajstić information content (AvgIpc) is 2.30. The lowest BCUT2D eigenvalue weighted by Crippen LogP contribution is -2.58. The number of morpholine rings is 2. The first-order valence-corrected chi connectivity index (χ1v) is 5.50. The Bertz CT molecular complexity index is 229. The smallest absolute Gasteiger partial charge is 0.242 e. The monoisotopic (exact) mass is 214 g/mol. The Balaban J connectivity index is 1.92. The number of carbonyl (C=O) groups excluding carboxylic acids is 1. The molecule has 1 N–H and O–H groups in total. The van der Waals surface area contributed by atoms with Crippen LogP contribution in [-0.4, -0.2) is 62.4 Å². The summed E-state index contributed by atoms with van der Waals surface area (Å²) in [4.78, 5) is 13.9. The molecule has 5 nitrogen and oxygen atoms in total. The van der Waals surface area contributed by atoms with Gasteiger partial charge in [-0.2, -0.15) is 0 Å². The van der Waals surface area contributed by atoms with Crippen molar-refractivity contribution in [3.05, 3.63) is 0 Å². The van der Waals surface area contributed by atoms with Gasteiger partial charge in [-0.15, -0.1) is 0 Å². The number of amides is 1. The van der Waals surface area contributed by atoms with Crippen molar-refractivity contribution in [2.75, 3.05) is 39.5 Å². The Hall–Kier alpha value is -0.650.